The molecule has 1 aliphatic rings. The van der Waals surface area contributed by atoms with Gasteiger partial charge in [0, 0.05) is 23.7 Å². The van der Waals surface area contributed by atoms with Crippen molar-refractivity contribution >= 4 is 23.7 Å². The average Bonchev–Trinajstić information content (AvgIpc) is 3.59. The largest absolute Gasteiger partial charge is 0.465 e. The van der Waals surface area contributed by atoms with Crippen LogP contribution in [0.2, 0.25) is 0 Å². The highest BCUT2D eigenvalue weighted by atomic mass is 19.1. The summed E-state index contributed by atoms with van der Waals surface area (Å²) in [6.45, 7) is 2.35. The number of halogens is 2. The third-order valence-electron chi connectivity index (χ3n) is 5.55. The Kier molecular flexibility index (Phi) is 6.17. The van der Waals surface area contributed by atoms with E-state index in [9.17, 15) is 9.59 Å². The maximum Gasteiger partial charge on any atom is 0.414 e. The number of carbonyl (C=O) groups excluding carboxylic acids is 1. The fourth-order valence-corrected chi connectivity index (χ4v) is 3.84. The maximum absolute atomic E-state index is 15.1. The van der Waals surface area contributed by atoms with Crippen LogP contribution in [0.3, 0.4) is 0 Å². The first-order chi connectivity index (χ1) is 17.8. The van der Waals surface area contributed by atoms with E-state index >= 15 is 8.78 Å². The minimum absolute atomic E-state index is 0.0313. The lowest BCUT2D eigenvalue weighted by atomic mass is 10.0. The van der Waals surface area contributed by atoms with E-state index in [4.69, 9.17) is 14.4 Å². The number of hydrogen-bond donors (Lipinski definition) is 2. The van der Waals surface area contributed by atoms with E-state index in [-0.39, 0.29) is 41.4 Å². The fourth-order valence-electron chi connectivity index (χ4n) is 3.84. The van der Waals surface area contributed by atoms with E-state index in [2.05, 4.69) is 30.9 Å². The van der Waals surface area contributed by atoms with Crippen molar-refractivity contribution in [1.82, 2.24) is 30.3 Å². The van der Waals surface area contributed by atoms with Crippen LogP contribution in [-0.4, -0.2) is 60.3 Å². The molecule has 1 aliphatic heterocycles. The monoisotopic (exact) mass is 512 g/mol. The molecule has 13 nitrogen and oxygen atoms in total. The van der Waals surface area contributed by atoms with Crippen molar-refractivity contribution in [2.45, 2.75) is 26.0 Å². The van der Waals surface area contributed by atoms with Gasteiger partial charge in [-0.05, 0) is 30.3 Å². The third-order valence-corrected chi connectivity index (χ3v) is 5.55. The molecule has 37 heavy (non-hydrogen) atoms. The number of rotatable bonds is 7. The van der Waals surface area contributed by atoms with Crippen LogP contribution < -0.4 is 10.2 Å². The lowest BCUT2D eigenvalue weighted by molar-refractivity contribution is 0.141. The SMILES string of the molecule is CCn1nnc(-c2ccc(-c3c(F)cc(N4C[C@@H](Cc5conc5NC(=O)O)OC4=O)cc3F)cn2)n1. The summed E-state index contributed by atoms with van der Waals surface area (Å²) in [7, 11) is 0. The highest BCUT2D eigenvalue weighted by Gasteiger charge is 2.34. The number of carbonyl (C=O) groups is 2. The second-order valence-corrected chi connectivity index (χ2v) is 7.96. The van der Waals surface area contributed by atoms with Crippen LogP contribution in [-0.2, 0) is 17.7 Å². The second-order valence-electron chi connectivity index (χ2n) is 7.96. The Morgan fingerprint density at radius 1 is 1.27 bits per heavy atom. The van der Waals surface area contributed by atoms with Gasteiger partial charge in [0.15, 0.2) is 5.82 Å². The zero-order valence-electron chi connectivity index (χ0n) is 19.1. The molecule has 0 aliphatic carbocycles. The number of hydrogen-bond acceptors (Lipinski definition) is 9. The number of cyclic esters (lactones) is 1. The summed E-state index contributed by atoms with van der Waals surface area (Å²) in [5.74, 6) is -1.55. The number of tetrazole rings is 1. The number of pyridine rings is 1. The molecule has 0 saturated carbocycles. The van der Waals surface area contributed by atoms with Crippen molar-refractivity contribution in [3.63, 3.8) is 0 Å². The van der Waals surface area contributed by atoms with Crippen molar-refractivity contribution in [1.29, 1.82) is 0 Å². The van der Waals surface area contributed by atoms with Crippen molar-refractivity contribution in [2.75, 3.05) is 16.8 Å². The topological polar surface area (TPSA) is 161 Å². The van der Waals surface area contributed by atoms with Gasteiger partial charge in [-0.25, -0.2) is 18.4 Å². The molecule has 5 rings (SSSR count). The molecule has 2 amide bonds. The second kappa shape index (κ2) is 9.60. The molecule has 4 aromatic rings. The van der Waals surface area contributed by atoms with Gasteiger partial charge in [0.2, 0.25) is 5.82 Å². The van der Waals surface area contributed by atoms with Crippen molar-refractivity contribution < 1.29 is 32.7 Å². The summed E-state index contributed by atoms with van der Waals surface area (Å²) < 4.78 is 40.2. The first kappa shape index (κ1) is 23.8. The molecular formula is C22H18F2N8O5. The summed E-state index contributed by atoms with van der Waals surface area (Å²) in [6, 6.07) is 5.07. The van der Waals surface area contributed by atoms with Gasteiger partial charge < -0.3 is 14.4 Å². The highest BCUT2D eigenvalue weighted by Crippen LogP contribution is 2.33. The first-order valence-electron chi connectivity index (χ1n) is 11.0. The van der Waals surface area contributed by atoms with Gasteiger partial charge >= 0.3 is 12.2 Å². The molecule has 2 N–H and O–H groups in total. The molecule has 0 radical (unpaired) electrons. The summed E-state index contributed by atoms with van der Waals surface area (Å²) in [6.07, 6.45) is -0.287. The molecule has 0 spiro atoms. The van der Waals surface area contributed by atoms with Gasteiger partial charge in [0.05, 0.1) is 24.3 Å². The predicted molar refractivity (Wildman–Crippen MR) is 122 cm³/mol. The minimum Gasteiger partial charge on any atom is -0.465 e. The molecular weight excluding hydrogens is 494 g/mol. The number of nitrogens with one attached hydrogen (secondary N) is 1. The van der Waals surface area contributed by atoms with E-state index in [0.29, 0.717) is 17.8 Å². The number of amides is 2. The summed E-state index contributed by atoms with van der Waals surface area (Å²) in [5, 5.41) is 26.4. The standard InChI is InChI=1S/C22H18F2N8O5/c1-2-32-28-20(27-30-32)17-4-3-11(8-25-17)18-15(23)6-13(7-16(18)24)31-9-14(37-22(31)35)5-12-10-36-29-19(12)26-21(33)34/h3-4,6-8,10,14H,2,5,9H2,1H3,(H,26,29)(H,33,34)/t14-/m1/s1. The van der Waals surface area contributed by atoms with Crippen LogP contribution >= 0.6 is 0 Å². The predicted octanol–water partition coefficient (Wildman–Crippen LogP) is 3.35. The van der Waals surface area contributed by atoms with Crippen LogP contribution in [0.5, 0.6) is 0 Å². The smallest absolute Gasteiger partial charge is 0.414 e. The maximum atomic E-state index is 15.1. The van der Waals surface area contributed by atoms with Crippen LogP contribution in [0.4, 0.5) is 29.9 Å². The Bertz CT molecular complexity index is 1450. The zero-order valence-corrected chi connectivity index (χ0v) is 19.1. The molecule has 1 aromatic carbocycles. The van der Waals surface area contributed by atoms with Crippen molar-refractivity contribution in [2.24, 2.45) is 0 Å². The van der Waals surface area contributed by atoms with Crippen LogP contribution in [0.25, 0.3) is 22.6 Å². The number of carboxylic acid groups (broad SMARTS) is 1. The molecule has 0 bridgehead atoms. The lowest BCUT2D eigenvalue weighted by Gasteiger charge is -2.15. The van der Waals surface area contributed by atoms with E-state index in [0.717, 1.165) is 17.0 Å². The summed E-state index contributed by atoms with van der Waals surface area (Å²) in [4.78, 5) is 29.9. The van der Waals surface area contributed by atoms with Crippen LogP contribution in [0.15, 0.2) is 41.2 Å². The minimum atomic E-state index is -1.34. The van der Waals surface area contributed by atoms with Gasteiger partial charge in [-0.3, -0.25) is 15.2 Å². The molecule has 0 unspecified atom stereocenters. The Morgan fingerprint density at radius 2 is 2.05 bits per heavy atom. The Balaban J connectivity index is 1.33. The van der Waals surface area contributed by atoms with E-state index in [1.54, 1.807) is 0 Å². The van der Waals surface area contributed by atoms with E-state index in [1.807, 2.05) is 6.92 Å². The molecule has 3 aromatic heterocycles. The van der Waals surface area contributed by atoms with Crippen molar-refractivity contribution in [3.05, 3.63) is 53.9 Å². The number of aromatic nitrogens is 6. The molecule has 190 valence electrons. The van der Waals surface area contributed by atoms with E-state index < -0.39 is 29.9 Å². The van der Waals surface area contributed by atoms with Crippen molar-refractivity contribution in [3.8, 4) is 22.6 Å². The van der Waals surface area contributed by atoms with Gasteiger partial charge in [-0.1, -0.05) is 11.2 Å². The van der Waals surface area contributed by atoms with Crippen LogP contribution in [0.1, 0.15) is 12.5 Å². The van der Waals surface area contributed by atoms with E-state index in [1.165, 1.54) is 29.4 Å². The zero-order chi connectivity index (χ0) is 26.1. The fraction of sp³-hybridized carbons (Fsp3) is 0.227. The summed E-state index contributed by atoms with van der Waals surface area (Å²) in [5.41, 5.74) is 0.580. The summed E-state index contributed by atoms with van der Waals surface area (Å²) >= 11 is 0. The molecule has 4 heterocycles. The Labute approximate surface area is 206 Å². The van der Waals surface area contributed by atoms with Crippen LogP contribution in [0, 0.1) is 11.6 Å². The number of benzene rings is 1. The Hall–Kier alpha value is -4.95. The van der Waals surface area contributed by atoms with Gasteiger partial charge in [0.1, 0.15) is 29.7 Å². The Morgan fingerprint density at radius 3 is 2.70 bits per heavy atom. The number of ether oxygens (including phenoxy) is 1. The van der Waals surface area contributed by atoms with Gasteiger partial charge in [0.25, 0.3) is 0 Å². The normalized spacial score (nSPS) is 15.2. The molecule has 1 saturated heterocycles. The average molecular weight is 512 g/mol. The number of aryl methyl sites for hydroxylation is 1. The molecule has 15 heteroatoms. The number of nitrogens with zero attached hydrogens (tertiary/aromatic N) is 7. The quantitative estimate of drug-likeness (QED) is 0.376. The first-order valence-corrected chi connectivity index (χ1v) is 11.0. The molecule has 1 fully saturated rings. The molecule has 1 atom stereocenters. The third kappa shape index (κ3) is 4.78. The number of anilines is 2. The van der Waals surface area contributed by atoms with Gasteiger partial charge in [-0.15, -0.1) is 10.2 Å². The van der Waals surface area contributed by atoms with Gasteiger partial charge in [-0.2, -0.15) is 4.80 Å². The lowest BCUT2D eigenvalue weighted by Crippen LogP contribution is -2.25. The highest BCUT2D eigenvalue weighted by molar-refractivity contribution is 5.90.